The van der Waals surface area contributed by atoms with Crippen molar-refractivity contribution in [1.29, 1.82) is 0 Å². The van der Waals surface area contributed by atoms with E-state index in [0.717, 1.165) is 18.4 Å². The molecule has 2 aromatic carbocycles. The van der Waals surface area contributed by atoms with Crippen molar-refractivity contribution in [1.82, 2.24) is 5.43 Å². The number of amides is 2. The summed E-state index contributed by atoms with van der Waals surface area (Å²) in [4.78, 5) is 25.2. The summed E-state index contributed by atoms with van der Waals surface area (Å²) in [6.45, 7) is 3.89. The summed E-state index contributed by atoms with van der Waals surface area (Å²) in [5.41, 5.74) is 6.85. The van der Waals surface area contributed by atoms with Crippen molar-refractivity contribution in [2.45, 2.75) is 39.5 Å². The molecule has 0 spiro atoms. The SMILES string of the molecule is CCc1ccc(NC(=O)c2oc3c(c2C)/C(=N/NC(=O)c2ccc(F)cc2)CCC3)cc1. The minimum absolute atomic E-state index is 0.244. The number of hydrogen-bond acceptors (Lipinski definition) is 4. The van der Waals surface area contributed by atoms with Gasteiger partial charge in [0.2, 0.25) is 0 Å². The number of nitrogens with zero attached hydrogens (tertiary/aromatic N) is 1. The molecule has 0 fully saturated rings. The molecule has 1 aromatic heterocycles. The van der Waals surface area contributed by atoms with Crippen molar-refractivity contribution in [3.8, 4) is 0 Å². The molecule has 164 valence electrons. The van der Waals surface area contributed by atoms with Gasteiger partial charge in [0.1, 0.15) is 11.6 Å². The normalized spacial score (nSPS) is 14.2. The van der Waals surface area contributed by atoms with E-state index in [-0.39, 0.29) is 11.7 Å². The number of fused-ring (bicyclic) bond motifs is 1. The van der Waals surface area contributed by atoms with Crippen molar-refractivity contribution < 1.29 is 18.4 Å². The first-order chi connectivity index (χ1) is 15.5. The van der Waals surface area contributed by atoms with Crippen molar-refractivity contribution in [3.05, 3.63) is 88.1 Å². The number of hydrogen-bond donors (Lipinski definition) is 2. The highest BCUT2D eigenvalue weighted by Gasteiger charge is 2.28. The first-order valence-electron chi connectivity index (χ1n) is 10.6. The zero-order valence-corrected chi connectivity index (χ0v) is 18.0. The summed E-state index contributed by atoms with van der Waals surface area (Å²) in [5, 5.41) is 7.17. The van der Waals surface area contributed by atoms with Crippen molar-refractivity contribution in [2.75, 3.05) is 5.32 Å². The number of anilines is 1. The zero-order chi connectivity index (χ0) is 22.7. The Bertz CT molecular complexity index is 1180. The fourth-order valence-corrected chi connectivity index (χ4v) is 3.79. The predicted molar refractivity (Wildman–Crippen MR) is 121 cm³/mol. The third-order valence-electron chi connectivity index (χ3n) is 5.55. The van der Waals surface area contributed by atoms with Crippen LogP contribution in [0.15, 0.2) is 58.0 Å². The van der Waals surface area contributed by atoms with Gasteiger partial charge in [-0.3, -0.25) is 9.59 Å². The van der Waals surface area contributed by atoms with Crippen molar-refractivity contribution in [2.24, 2.45) is 5.10 Å². The maximum atomic E-state index is 13.1. The fraction of sp³-hybridized carbons (Fsp3) is 0.240. The standard InChI is InChI=1S/C25H24FN3O3/c1-3-16-7-13-19(14-8-16)27-25(31)23-15(2)22-20(5-4-6-21(22)32-23)28-29-24(30)17-9-11-18(26)12-10-17/h7-14H,3-6H2,1-2H3,(H,27,31)(H,29,30)/b28-20+. The molecule has 0 bridgehead atoms. The van der Waals surface area contributed by atoms with E-state index in [1.807, 2.05) is 31.2 Å². The van der Waals surface area contributed by atoms with Gasteiger partial charge in [0, 0.05) is 28.8 Å². The number of nitrogens with one attached hydrogen (secondary N) is 2. The smallest absolute Gasteiger partial charge is 0.291 e. The lowest BCUT2D eigenvalue weighted by Crippen LogP contribution is -2.22. The number of halogens is 1. The van der Waals surface area contributed by atoms with E-state index in [9.17, 15) is 14.0 Å². The lowest BCUT2D eigenvalue weighted by molar-refractivity contribution is 0.0953. The number of benzene rings is 2. The molecule has 4 rings (SSSR count). The van der Waals surface area contributed by atoms with Crippen LogP contribution in [0.25, 0.3) is 0 Å². The maximum absolute atomic E-state index is 13.1. The molecular formula is C25H24FN3O3. The molecular weight excluding hydrogens is 409 g/mol. The Morgan fingerprint density at radius 3 is 2.44 bits per heavy atom. The second-order valence-corrected chi connectivity index (χ2v) is 7.72. The lowest BCUT2D eigenvalue weighted by atomic mass is 9.93. The van der Waals surface area contributed by atoms with E-state index in [1.54, 1.807) is 0 Å². The molecule has 2 amide bonds. The van der Waals surface area contributed by atoms with E-state index < -0.39 is 11.7 Å². The first-order valence-corrected chi connectivity index (χ1v) is 10.6. The van der Waals surface area contributed by atoms with Gasteiger partial charge in [0.05, 0.1) is 5.71 Å². The molecule has 0 unspecified atom stereocenters. The Kier molecular flexibility index (Phi) is 6.16. The van der Waals surface area contributed by atoms with Gasteiger partial charge in [-0.25, -0.2) is 9.82 Å². The third-order valence-corrected chi connectivity index (χ3v) is 5.55. The highest BCUT2D eigenvalue weighted by molar-refractivity contribution is 6.09. The summed E-state index contributed by atoms with van der Waals surface area (Å²) in [6.07, 6.45) is 3.07. The van der Waals surface area contributed by atoms with Gasteiger partial charge >= 0.3 is 0 Å². The second-order valence-electron chi connectivity index (χ2n) is 7.72. The Morgan fingerprint density at radius 1 is 1.03 bits per heavy atom. The number of hydrazone groups is 1. The Balaban J connectivity index is 1.54. The van der Waals surface area contributed by atoms with Crippen LogP contribution in [0.4, 0.5) is 10.1 Å². The molecule has 6 nitrogen and oxygen atoms in total. The minimum atomic E-state index is -0.431. The third kappa shape index (κ3) is 4.46. The lowest BCUT2D eigenvalue weighted by Gasteiger charge is -2.13. The molecule has 1 aliphatic rings. The molecule has 1 aliphatic carbocycles. The quantitative estimate of drug-likeness (QED) is 0.555. The van der Waals surface area contributed by atoms with Gasteiger partial charge in [0.15, 0.2) is 5.76 Å². The van der Waals surface area contributed by atoms with Gasteiger partial charge < -0.3 is 9.73 Å². The number of carbonyl (C=O) groups is 2. The van der Waals surface area contributed by atoms with Crippen LogP contribution in [0.2, 0.25) is 0 Å². The second kappa shape index (κ2) is 9.18. The van der Waals surface area contributed by atoms with Crippen LogP contribution < -0.4 is 10.7 Å². The van der Waals surface area contributed by atoms with Crippen LogP contribution in [0.5, 0.6) is 0 Å². The van der Waals surface area contributed by atoms with Crippen molar-refractivity contribution >= 4 is 23.2 Å². The number of carbonyl (C=O) groups excluding carboxylic acids is 2. The van der Waals surface area contributed by atoms with E-state index in [1.165, 1.54) is 29.8 Å². The van der Waals surface area contributed by atoms with Crippen molar-refractivity contribution in [3.63, 3.8) is 0 Å². The molecule has 0 saturated heterocycles. The molecule has 7 heteroatoms. The molecule has 0 aliphatic heterocycles. The van der Waals surface area contributed by atoms with Crippen LogP contribution in [0, 0.1) is 12.7 Å². The average Bonchev–Trinajstić information content (AvgIpc) is 3.15. The highest BCUT2D eigenvalue weighted by Crippen LogP contribution is 2.30. The van der Waals surface area contributed by atoms with E-state index in [0.29, 0.717) is 41.1 Å². The summed E-state index contributed by atoms with van der Waals surface area (Å²) < 4.78 is 19.0. The summed E-state index contributed by atoms with van der Waals surface area (Å²) >= 11 is 0. The van der Waals surface area contributed by atoms with Gasteiger partial charge in [-0.05, 0) is 68.1 Å². The number of rotatable bonds is 5. The van der Waals surface area contributed by atoms with Gasteiger partial charge in [-0.2, -0.15) is 5.10 Å². The first kappa shape index (κ1) is 21.5. The van der Waals surface area contributed by atoms with E-state index >= 15 is 0 Å². The molecule has 1 heterocycles. The highest BCUT2D eigenvalue weighted by atomic mass is 19.1. The average molecular weight is 433 g/mol. The predicted octanol–water partition coefficient (Wildman–Crippen LogP) is 5.01. The maximum Gasteiger partial charge on any atom is 0.291 e. The Morgan fingerprint density at radius 2 is 1.75 bits per heavy atom. The molecule has 0 saturated carbocycles. The topological polar surface area (TPSA) is 83.7 Å². The van der Waals surface area contributed by atoms with Crippen LogP contribution in [0.1, 0.15) is 63.1 Å². The van der Waals surface area contributed by atoms with Crippen LogP contribution in [0.3, 0.4) is 0 Å². The monoisotopic (exact) mass is 433 g/mol. The number of furan rings is 1. The van der Waals surface area contributed by atoms with Crippen LogP contribution in [-0.4, -0.2) is 17.5 Å². The summed E-state index contributed by atoms with van der Waals surface area (Å²) in [5.74, 6) is -0.231. The Hall–Kier alpha value is -3.74. The number of aryl methyl sites for hydroxylation is 2. The molecule has 2 N–H and O–H groups in total. The molecule has 0 atom stereocenters. The Labute approximate surface area is 185 Å². The van der Waals surface area contributed by atoms with Crippen LogP contribution in [-0.2, 0) is 12.8 Å². The van der Waals surface area contributed by atoms with Crippen LogP contribution >= 0.6 is 0 Å². The van der Waals surface area contributed by atoms with Gasteiger partial charge in [0.25, 0.3) is 11.8 Å². The van der Waals surface area contributed by atoms with E-state index in [2.05, 4.69) is 22.8 Å². The molecule has 32 heavy (non-hydrogen) atoms. The summed E-state index contributed by atoms with van der Waals surface area (Å²) in [7, 11) is 0. The summed E-state index contributed by atoms with van der Waals surface area (Å²) in [6, 6.07) is 12.9. The largest absolute Gasteiger partial charge is 0.455 e. The van der Waals surface area contributed by atoms with E-state index in [4.69, 9.17) is 4.42 Å². The minimum Gasteiger partial charge on any atom is -0.455 e. The molecule has 0 radical (unpaired) electrons. The fourth-order valence-electron chi connectivity index (χ4n) is 3.79. The van der Waals surface area contributed by atoms with Gasteiger partial charge in [-0.1, -0.05) is 19.1 Å². The zero-order valence-electron chi connectivity index (χ0n) is 18.0. The molecule has 3 aromatic rings. The van der Waals surface area contributed by atoms with Gasteiger partial charge in [-0.15, -0.1) is 0 Å².